The SMILES string of the molecule is C=C(CCC)/C(=C(\C)C1=C/C(=C(C)/C(=C(\C)C(C)(C)C)c2ccccc2F)CB(C)C1)C(NC)C(C)(C)C. The molecule has 0 saturated heterocycles. The quantitative estimate of drug-likeness (QED) is 0.267. The predicted octanol–water partition coefficient (Wildman–Crippen LogP) is 10.3. The van der Waals surface area contributed by atoms with E-state index in [1.54, 1.807) is 12.1 Å². The molecular formula is C35H53BFN. The van der Waals surface area contributed by atoms with E-state index in [-0.39, 0.29) is 22.7 Å². The summed E-state index contributed by atoms with van der Waals surface area (Å²) in [4.78, 5) is 0. The highest BCUT2D eigenvalue weighted by molar-refractivity contribution is 6.59. The lowest BCUT2D eigenvalue weighted by Gasteiger charge is -2.36. The largest absolute Gasteiger partial charge is 0.313 e. The van der Waals surface area contributed by atoms with Gasteiger partial charge in [0.25, 0.3) is 0 Å². The first-order chi connectivity index (χ1) is 17.5. The summed E-state index contributed by atoms with van der Waals surface area (Å²) < 4.78 is 15.2. The molecule has 3 heteroatoms. The van der Waals surface area contributed by atoms with Crippen LogP contribution in [0.5, 0.6) is 0 Å². The molecule has 1 atom stereocenters. The van der Waals surface area contributed by atoms with E-state index in [0.717, 1.165) is 31.1 Å². The maximum atomic E-state index is 15.2. The predicted molar refractivity (Wildman–Crippen MR) is 170 cm³/mol. The van der Waals surface area contributed by atoms with E-state index in [9.17, 15) is 0 Å². The number of likely N-dealkylation sites (N-methyl/N-ethyl adjacent to an activating group) is 1. The van der Waals surface area contributed by atoms with Gasteiger partial charge >= 0.3 is 0 Å². The standard InChI is InChI=1S/C35H53BFN/c1-14-17-23(2)31(33(38-13)35(9,10)11)24(3)27-20-28(22-36(12)21-27)25(4)32(26(5)34(6,7)8)29-18-15-16-19-30(29)37/h15-16,18-20,33,38H,2,14,17,21-22H2,1,3-13H3/b28-25-,31-24-,32-26-. The molecule has 0 fully saturated rings. The number of hydrogen-bond acceptors (Lipinski definition) is 1. The van der Waals surface area contributed by atoms with Crippen LogP contribution in [0.25, 0.3) is 5.57 Å². The van der Waals surface area contributed by atoms with Crippen LogP contribution in [0.3, 0.4) is 0 Å². The highest BCUT2D eigenvalue weighted by Crippen LogP contribution is 2.42. The highest BCUT2D eigenvalue weighted by atomic mass is 19.1. The molecule has 1 heterocycles. The fraction of sp³-hybridized carbons (Fsp3) is 0.543. The second kappa shape index (κ2) is 12.8. The molecule has 0 saturated carbocycles. The molecule has 0 aliphatic carbocycles. The van der Waals surface area contributed by atoms with Crippen LogP contribution in [-0.4, -0.2) is 19.8 Å². The summed E-state index contributed by atoms with van der Waals surface area (Å²) in [6.07, 6.45) is 6.53. The fourth-order valence-corrected chi connectivity index (χ4v) is 5.86. The van der Waals surface area contributed by atoms with Gasteiger partial charge in [0.15, 0.2) is 0 Å². The average Bonchev–Trinajstić information content (AvgIpc) is 2.81. The first kappa shape index (κ1) is 32.1. The molecule has 1 aliphatic rings. The van der Waals surface area contributed by atoms with E-state index >= 15 is 4.39 Å². The van der Waals surface area contributed by atoms with E-state index < -0.39 is 0 Å². The highest BCUT2D eigenvalue weighted by Gasteiger charge is 2.31. The number of allylic oxidation sites excluding steroid dienone is 7. The van der Waals surface area contributed by atoms with Crippen LogP contribution in [-0.2, 0) is 0 Å². The minimum absolute atomic E-state index is 0.0576. The average molecular weight is 518 g/mol. The van der Waals surface area contributed by atoms with Crippen LogP contribution in [0.2, 0.25) is 19.5 Å². The number of benzene rings is 1. The van der Waals surface area contributed by atoms with Gasteiger partial charge in [-0.25, -0.2) is 4.39 Å². The number of hydrogen-bond donors (Lipinski definition) is 1. The normalized spacial score (nSPS) is 18.4. The molecule has 0 bridgehead atoms. The van der Waals surface area contributed by atoms with E-state index in [0.29, 0.717) is 12.3 Å². The Morgan fingerprint density at radius 1 is 1.05 bits per heavy atom. The summed E-state index contributed by atoms with van der Waals surface area (Å²) in [7, 11) is 2.07. The molecule has 1 nitrogen and oxygen atoms in total. The van der Waals surface area contributed by atoms with Crippen molar-refractivity contribution in [3.05, 3.63) is 87.3 Å². The van der Waals surface area contributed by atoms with Gasteiger partial charge in [-0.2, -0.15) is 0 Å². The minimum Gasteiger partial charge on any atom is -0.313 e. The third-order valence-electron chi connectivity index (χ3n) is 8.25. The number of nitrogens with one attached hydrogen (secondary N) is 1. The van der Waals surface area contributed by atoms with Crippen LogP contribution in [0.15, 0.2) is 75.9 Å². The fourth-order valence-electron chi connectivity index (χ4n) is 5.86. The minimum atomic E-state index is -0.157. The zero-order valence-electron chi connectivity index (χ0n) is 26.5. The van der Waals surface area contributed by atoms with Gasteiger partial charge in [-0.1, -0.05) is 115 Å². The van der Waals surface area contributed by atoms with Gasteiger partial charge in [0.05, 0.1) is 0 Å². The van der Waals surface area contributed by atoms with Crippen molar-refractivity contribution in [2.24, 2.45) is 10.8 Å². The van der Waals surface area contributed by atoms with Crippen molar-refractivity contribution >= 4 is 12.3 Å². The van der Waals surface area contributed by atoms with Gasteiger partial charge in [0, 0.05) is 11.6 Å². The Kier molecular flexibility index (Phi) is 10.8. The lowest BCUT2D eigenvalue weighted by molar-refractivity contribution is 0.316. The summed E-state index contributed by atoms with van der Waals surface area (Å²) in [5, 5.41) is 3.62. The Bertz CT molecular complexity index is 1150. The Morgan fingerprint density at radius 2 is 1.66 bits per heavy atom. The molecule has 0 amide bonds. The van der Waals surface area contributed by atoms with E-state index in [1.165, 1.54) is 39.0 Å². The van der Waals surface area contributed by atoms with Crippen LogP contribution in [0, 0.1) is 16.6 Å². The molecule has 1 aromatic rings. The van der Waals surface area contributed by atoms with Gasteiger partial charge in [-0.05, 0) is 86.1 Å². The molecule has 1 aromatic carbocycles. The maximum absolute atomic E-state index is 15.2. The Labute approximate surface area is 234 Å². The molecule has 0 spiro atoms. The number of halogens is 1. The smallest absolute Gasteiger partial charge is 0.146 e. The van der Waals surface area contributed by atoms with Crippen molar-refractivity contribution in [2.45, 2.75) is 108 Å². The first-order valence-electron chi connectivity index (χ1n) is 14.5. The zero-order chi connectivity index (χ0) is 29.0. The molecule has 1 N–H and O–H groups in total. The Balaban J connectivity index is 2.87. The molecule has 208 valence electrons. The third-order valence-corrected chi connectivity index (χ3v) is 8.25. The molecule has 1 unspecified atom stereocenters. The Hall–Kier alpha value is -2.13. The number of rotatable bonds is 8. The summed E-state index contributed by atoms with van der Waals surface area (Å²) in [6.45, 7) is 29.8. The molecule has 38 heavy (non-hydrogen) atoms. The van der Waals surface area contributed by atoms with E-state index in [4.69, 9.17) is 0 Å². The first-order valence-corrected chi connectivity index (χ1v) is 14.5. The van der Waals surface area contributed by atoms with Crippen molar-refractivity contribution in [3.8, 4) is 0 Å². The van der Waals surface area contributed by atoms with Gasteiger partial charge in [-0.3, -0.25) is 0 Å². The van der Waals surface area contributed by atoms with Crippen LogP contribution < -0.4 is 5.32 Å². The van der Waals surface area contributed by atoms with E-state index in [2.05, 4.69) is 101 Å². The van der Waals surface area contributed by atoms with Crippen LogP contribution in [0.1, 0.15) is 87.6 Å². The van der Waals surface area contributed by atoms with Crippen molar-refractivity contribution in [2.75, 3.05) is 7.05 Å². The molecular weight excluding hydrogens is 464 g/mol. The molecule has 0 aromatic heterocycles. The lowest BCUT2D eigenvalue weighted by atomic mass is 9.42. The maximum Gasteiger partial charge on any atom is 0.146 e. The second-order valence-corrected chi connectivity index (χ2v) is 13.5. The zero-order valence-corrected chi connectivity index (χ0v) is 26.5. The van der Waals surface area contributed by atoms with Gasteiger partial charge in [0.1, 0.15) is 12.5 Å². The van der Waals surface area contributed by atoms with Crippen molar-refractivity contribution < 1.29 is 4.39 Å². The lowest BCUT2D eigenvalue weighted by Crippen LogP contribution is -2.41. The van der Waals surface area contributed by atoms with Crippen molar-refractivity contribution in [3.63, 3.8) is 0 Å². The van der Waals surface area contributed by atoms with Gasteiger partial charge < -0.3 is 5.32 Å². The monoisotopic (exact) mass is 517 g/mol. The Morgan fingerprint density at radius 3 is 2.16 bits per heavy atom. The van der Waals surface area contributed by atoms with E-state index in [1.807, 2.05) is 12.1 Å². The van der Waals surface area contributed by atoms with Gasteiger partial charge in [-0.15, -0.1) is 0 Å². The summed E-state index contributed by atoms with van der Waals surface area (Å²) in [6, 6.07) is 7.44. The third kappa shape index (κ3) is 7.50. The molecule has 2 rings (SSSR count). The van der Waals surface area contributed by atoms with Crippen molar-refractivity contribution in [1.29, 1.82) is 0 Å². The molecule has 0 radical (unpaired) electrons. The molecule has 1 aliphatic heterocycles. The van der Waals surface area contributed by atoms with Crippen molar-refractivity contribution in [1.82, 2.24) is 5.32 Å². The van der Waals surface area contributed by atoms with Crippen LogP contribution >= 0.6 is 0 Å². The second-order valence-electron chi connectivity index (χ2n) is 13.5. The summed E-state index contributed by atoms with van der Waals surface area (Å²) in [5.41, 5.74) is 10.8. The topological polar surface area (TPSA) is 12.0 Å². The van der Waals surface area contributed by atoms with Crippen LogP contribution in [0.4, 0.5) is 4.39 Å². The summed E-state index contributed by atoms with van der Waals surface area (Å²) in [5.74, 6) is -0.157. The van der Waals surface area contributed by atoms with Gasteiger partial charge in [0.2, 0.25) is 0 Å². The summed E-state index contributed by atoms with van der Waals surface area (Å²) >= 11 is 0.